The normalized spacial score (nSPS) is 10.1. The molecule has 1 aromatic heterocycles. The summed E-state index contributed by atoms with van der Waals surface area (Å²) in [5, 5.41) is 17.7. The number of phenols is 1. The molecule has 6 heteroatoms. The fraction of sp³-hybridized carbons (Fsp3) is 0.0909. The SMILES string of the molecule is O=C(O)c1cnc(COc2ccc(O)cc2)o1. The summed E-state index contributed by atoms with van der Waals surface area (Å²) in [7, 11) is 0. The molecule has 6 nitrogen and oxygen atoms in total. The molecule has 88 valence electrons. The largest absolute Gasteiger partial charge is 0.508 e. The van der Waals surface area contributed by atoms with Crippen LogP contribution in [-0.2, 0) is 6.61 Å². The van der Waals surface area contributed by atoms with Crippen molar-refractivity contribution in [1.82, 2.24) is 4.98 Å². The van der Waals surface area contributed by atoms with Crippen LogP contribution >= 0.6 is 0 Å². The minimum absolute atomic E-state index is 0.0258. The number of aromatic carboxylic acids is 1. The molecule has 2 N–H and O–H groups in total. The van der Waals surface area contributed by atoms with Crippen LogP contribution in [0.2, 0.25) is 0 Å². The third-order valence-corrected chi connectivity index (χ3v) is 1.96. The highest BCUT2D eigenvalue weighted by atomic mass is 16.5. The van der Waals surface area contributed by atoms with Crippen LogP contribution in [0.25, 0.3) is 0 Å². The Bertz CT molecular complexity index is 517. The van der Waals surface area contributed by atoms with E-state index in [0.29, 0.717) is 5.75 Å². The Balaban J connectivity index is 1.97. The number of ether oxygens (including phenoxy) is 1. The van der Waals surface area contributed by atoms with Crippen molar-refractivity contribution in [2.75, 3.05) is 0 Å². The van der Waals surface area contributed by atoms with Crippen molar-refractivity contribution in [1.29, 1.82) is 0 Å². The third kappa shape index (κ3) is 2.75. The molecule has 2 rings (SSSR count). The number of benzene rings is 1. The van der Waals surface area contributed by atoms with E-state index in [9.17, 15) is 4.79 Å². The number of rotatable bonds is 4. The summed E-state index contributed by atoms with van der Waals surface area (Å²) in [6.07, 6.45) is 1.12. The molecule has 0 spiro atoms. The van der Waals surface area contributed by atoms with Crippen LogP contribution in [0.3, 0.4) is 0 Å². The molecule has 1 heterocycles. The summed E-state index contributed by atoms with van der Waals surface area (Å²) in [4.78, 5) is 14.3. The zero-order valence-electron chi connectivity index (χ0n) is 8.66. The first kappa shape index (κ1) is 11.0. The van der Waals surface area contributed by atoms with Crippen LogP contribution in [0.1, 0.15) is 16.4 Å². The molecule has 0 saturated carbocycles. The summed E-state index contributed by atoms with van der Waals surface area (Å²) >= 11 is 0. The molecule has 0 bridgehead atoms. The lowest BCUT2D eigenvalue weighted by molar-refractivity contribution is 0.0658. The summed E-state index contributed by atoms with van der Waals surface area (Å²) in [5.41, 5.74) is 0. The van der Waals surface area contributed by atoms with Gasteiger partial charge in [-0.05, 0) is 24.3 Å². The molecule has 17 heavy (non-hydrogen) atoms. The summed E-state index contributed by atoms with van der Waals surface area (Å²) in [6.45, 7) is 0.0258. The van der Waals surface area contributed by atoms with E-state index in [1.165, 1.54) is 12.1 Å². The number of carbonyl (C=O) groups is 1. The smallest absolute Gasteiger partial charge is 0.373 e. The van der Waals surface area contributed by atoms with Gasteiger partial charge in [0, 0.05) is 0 Å². The molecule has 0 fully saturated rings. The van der Waals surface area contributed by atoms with Crippen molar-refractivity contribution < 1.29 is 24.2 Å². The van der Waals surface area contributed by atoms with Crippen LogP contribution in [0, 0.1) is 0 Å². The van der Waals surface area contributed by atoms with Crippen molar-refractivity contribution in [3.8, 4) is 11.5 Å². The topological polar surface area (TPSA) is 92.8 Å². The molecule has 0 unspecified atom stereocenters. The minimum Gasteiger partial charge on any atom is -0.508 e. The molecule has 0 saturated heterocycles. The highest BCUT2D eigenvalue weighted by Crippen LogP contribution is 2.17. The fourth-order valence-electron chi connectivity index (χ4n) is 1.16. The molecule has 0 radical (unpaired) electrons. The zero-order chi connectivity index (χ0) is 12.3. The van der Waals surface area contributed by atoms with E-state index in [2.05, 4.69) is 4.98 Å². The number of aromatic hydroxyl groups is 1. The Morgan fingerprint density at radius 2 is 2.06 bits per heavy atom. The molecule has 2 aromatic rings. The van der Waals surface area contributed by atoms with Gasteiger partial charge in [-0.3, -0.25) is 0 Å². The van der Waals surface area contributed by atoms with Crippen LogP contribution in [0.4, 0.5) is 0 Å². The van der Waals surface area contributed by atoms with Crippen molar-refractivity contribution in [2.24, 2.45) is 0 Å². The Morgan fingerprint density at radius 1 is 1.35 bits per heavy atom. The van der Waals surface area contributed by atoms with Crippen molar-refractivity contribution in [3.05, 3.63) is 42.1 Å². The molecule has 0 aliphatic rings. The number of nitrogens with zero attached hydrogens (tertiary/aromatic N) is 1. The highest BCUT2D eigenvalue weighted by Gasteiger charge is 2.10. The zero-order valence-corrected chi connectivity index (χ0v) is 8.66. The molecule has 0 atom stereocenters. The summed E-state index contributed by atoms with van der Waals surface area (Å²) in [6, 6.07) is 6.12. The van der Waals surface area contributed by atoms with Gasteiger partial charge in [0.2, 0.25) is 11.7 Å². The lowest BCUT2D eigenvalue weighted by Crippen LogP contribution is -1.95. The van der Waals surface area contributed by atoms with E-state index in [4.69, 9.17) is 19.4 Å². The van der Waals surface area contributed by atoms with Crippen molar-refractivity contribution >= 4 is 5.97 Å². The number of carboxylic acid groups (broad SMARTS) is 1. The Kier molecular flexibility index (Phi) is 2.95. The van der Waals surface area contributed by atoms with Gasteiger partial charge in [-0.15, -0.1) is 0 Å². The van der Waals surface area contributed by atoms with Gasteiger partial charge in [0.1, 0.15) is 11.5 Å². The molecular weight excluding hydrogens is 226 g/mol. The first-order valence-corrected chi connectivity index (χ1v) is 4.75. The second-order valence-corrected chi connectivity index (χ2v) is 3.21. The fourth-order valence-corrected chi connectivity index (χ4v) is 1.16. The quantitative estimate of drug-likeness (QED) is 0.837. The number of hydrogen-bond acceptors (Lipinski definition) is 5. The predicted molar refractivity (Wildman–Crippen MR) is 55.9 cm³/mol. The van der Waals surface area contributed by atoms with Crippen LogP contribution in [0.15, 0.2) is 34.9 Å². The van der Waals surface area contributed by atoms with Crippen LogP contribution in [-0.4, -0.2) is 21.2 Å². The number of aromatic nitrogens is 1. The van der Waals surface area contributed by atoms with Gasteiger partial charge >= 0.3 is 5.97 Å². The Morgan fingerprint density at radius 3 is 2.65 bits per heavy atom. The maximum atomic E-state index is 10.5. The van der Waals surface area contributed by atoms with E-state index in [1.54, 1.807) is 12.1 Å². The van der Waals surface area contributed by atoms with E-state index in [1.807, 2.05) is 0 Å². The minimum atomic E-state index is -1.17. The van der Waals surface area contributed by atoms with Crippen LogP contribution < -0.4 is 4.74 Å². The predicted octanol–water partition coefficient (Wildman–Crippen LogP) is 1.66. The number of phenolic OH excluding ortho intramolecular Hbond substituents is 1. The van der Waals surface area contributed by atoms with Gasteiger partial charge in [0.25, 0.3) is 0 Å². The van der Waals surface area contributed by atoms with Crippen LogP contribution in [0.5, 0.6) is 11.5 Å². The molecular formula is C11H9NO5. The number of carboxylic acids is 1. The first-order valence-electron chi connectivity index (χ1n) is 4.75. The van der Waals surface area contributed by atoms with Gasteiger partial charge in [0.15, 0.2) is 6.61 Å². The lowest BCUT2D eigenvalue weighted by atomic mass is 10.3. The van der Waals surface area contributed by atoms with Gasteiger partial charge in [-0.1, -0.05) is 0 Å². The molecule has 0 amide bonds. The average Bonchev–Trinajstić information content (AvgIpc) is 2.77. The number of oxazole rings is 1. The van der Waals surface area contributed by atoms with E-state index in [0.717, 1.165) is 6.20 Å². The maximum absolute atomic E-state index is 10.5. The Labute approximate surface area is 96.1 Å². The Hall–Kier alpha value is -2.50. The molecule has 0 aliphatic heterocycles. The highest BCUT2D eigenvalue weighted by molar-refractivity contribution is 5.83. The number of hydrogen-bond donors (Lipinski definition) is 2. The van der Waals surface area contributed by atoms with Gasteiger partial charge in [-0.25, -0.2) is 9.78 Å². The first-order chi connectivity index (χ1) is 8.15. The lowest BCUT2D eigenvalue weighted by Gasteiger charge is -2.02. The summed E-state index contributed by atoms with van der Waals surface area (Å²) in [5.74, 6) is -0.558. The second-order valence-electron chi connectivity index (χ2n) is 3.21. The van der Waals surface area contributed by atoms with E-state index < -0.39 is 5.97 Å². The second kappa shape index (κ2) is 4.56. The monoisotopic (exact) mass is 235 g/mol. The van der Waals surface area contributed by atoms with Gasteiger partial charge in [0.05, 0.1) is 6.20 Å². The third-order valence-electron chi connectivity index (χ3n) is 1.96. The van der Waals surface area contributed by atoms with Gasteiger partial charge in [-0.2, -0.15) is 0 Å². The summed E-state index contributed by atoms with van der Waals surface area (Å²) < 4.78 is 10.2. The average molecular weight is 235 g/mol. The van der Waals surface area contributed by atoms with E-state index >= 15 is 0 Å². The van der Waals surface area contributed by atoms with E-state index in [-0.39, 0.29) is 24.0 Å². The molecule has 1 aromatic carbocycles. The van der Waals surface area contributed by atoms with Gasteiger partial charge < -0.3 is 19.4 Å². The maximum Gasteiger partial charge on any atom is 0.373 e. The standard InChI is InChI=1S/C11H9NO5/c13-7-1-3-8(4-2-7)16-6-10-12-5-9(17-10)11(14)15/h1-5,13H,6H2,(H,14,15). The van der Waals surface area contributed by atoms with Crippen molar-refractivity contribution in [3.63, 3.8) is 0 Å². The van der Waals surface area contributed by atoms with Crippen molar-refractivity contribution in [2.45, 2.75) is 6.61 Å². The molecule has 0 aliphatic carbocycles.